The smallest absolute Gasteiger partial charge is 0.243 e. The molecule has 0 amide bonds. The van der Waals surface area contributed by atoms with Gasteiger partial charge in [-0.05, 0) is 36.2 Å². The van der Waals surface area contributed by atoms with Gasteiger partial charge in [-0.2, -0.15) is 8.68 Å². The maximum atomic E-state index is 12.9. The fourth-order valence-electron chi connectivity index (χ4n) is 3.30. The molecule has 0 radical (unpaired) electrons. The molecule has 9 heteroatoms. The molecule has 0 atom stereocenters. The molecule has 2 aromatic carbocycles. The van der Waals surface area contributed by atoms with Crippen LogP contribution in [0, 0.1) is 0 Å². The average molecular weight is 449 g/mol. The molecule has 0 spiro atoms. The first kappa shape index (κ1) is 20.3. The quantitative estimate of drug-likeness (QED) is 0.595. The molecule has 29 heavy (non-hydrogen) atoms. The molecule has 0 bridgehead atoms. The summed E-state index contributed by atoms with van der Waals surface area (Å²) in [6.45, 7) is 2.30. The van der Waals surface area contributed by atoms with E-state index in [1.165, 1.54) is 11.5 Å². The number of nitrogens with zero attached hydrogens (tertiary/aromatic N) is 4. The van der Waals surface area contributed by atoms with Crippen molar-refractivity contribution in [3.63, 3.8) is 0 Å². The van der Waals surface area contributed by atoms with E-state index in [-0.39, 0.29) is 0 Å². The summed E-state index contributed by atoms with van der Waals surface area (Å²) in [5, 5.41) is 1.55. The summed E-state index contributed by atoms with van der Waals surface area (Å²) in [6.07, 6.45) is 1.40. The van der Waals surface area contributed by atoms with E-state index in [0.29, 0.717) is 36.0 Å². The summed E-state index contributed by atoms with van der Waals surface area (Å²) in [4.78, 5) is 7.14. The Hall–Kier alpha value is -2.00. The standard InChI is InChI=1S/C20H21ClN4O2S2/c21-17-9-7-16(8-10-17)15-19-22-20(28-23-19)24-11-4-12-25(14-13-24)29(26,27)18-5-2-1-3-6-18/h1-3,5-10H,4,11-15H2. The van der Waals surface area contributed by atoms with Gasteiger partial charge in [0.15, 0.2) is 0 Å². The molecule has 1 aliphatic rings. The van der Waals surface area contributed by atoms with Crippen LogP contribution in [0.4, 0.5) is 5.13 Å². The molecule has 3 aromatic rings. The highest BCUT2D eigenvalue weighted by atomic mass is 35.5. The van der Waals surface area contributed by atoms with Crippen LogP contribution < -0.4 is 4.90 Å². The summed E-state index contributed by atoms with van der Waals surface area (Å²) in [5.74, 6) is 0.769. The van der Waals surface area contributed by atoms with E-state index in [1.807, 2.05) is 30.3 Å². The third-order valence-electron chi connectivity index (χ3n) is 4.84. The monoisotopic (exact) mass is 448 g/mol. The summed E-state index contributed by atoms with van der Waals surface area (Å²) in [6, 6.07) is 16.3. The molecule has 2 heterocycles. The number of halogens is 1. The van der Waals surface area contributed by atoms with E-state index in [4.69, 9.17) is 11.6 Å². The number of sulfonamides is 1. The Morgan fingerprint density at radius 2 is 1.72 bits per heavy atom. The topological polar surface area (TPSA) is 66.4 Å². The van der Waals surface area contributed by atoms with Crippen molar-refractivity contribution in [1.82, 2.24) is 13.7 Å². The molecule has 1 fully saturated rings. The Morgan fingerprint density at radius 1 is 0.966 bits per heavy atom. The van der Waals surface area contributed by atoms with Crippen LogP contribution >= 0.6 is 23.1 Å². The van der Waals surface area contributed by atoms with Crippen LogP contribution in [-0.2, 0) is 16.4 Å². The first-order chi connectivity index (χ1) is 14.0. The second-order valence-corrected chi connectivity index (χ2v) is 9.96. The van der Waals surface area contributed by atoms with E-state index >= 15 is 0 Å². The molecule has 0 unspecified atom stereocenters. The van der Waals surface area contributed by atoms with Gasteiger partial charge in [0.05, 0.1) is 4.90 Å². The molecule has 1 aliphatic heterocycles. The lowest BCUT2D eigenvalue weighted by Gasteiger charge is -2.21. The maximum Gasteiger partial charge on any atom is 0.243 e. The Morgan fingerprint density at radius 3 is 2.48 bits per heavy atom. The Balaban J connectivity index is 1.42. The van der Waals surface area contributed by atoms with E-state index < -0.39 is 10.0 Å². The average Bonchev–Trinajstić information content (AvgIpc) is 3.04. The second kappa shape index (κ2) is 8.79. The van der Waals surface area contributed by atoms with Crippen molar-refractivity contribution in [3.05, 3.63) is 71.0 Å². The number of hydrogen-bond donors (Lipinski definition) is 0. The van der Waals surface area contributed by atoms with Gasteiger partial charge in [0.2, 0.25) is 15.2 Å². The van der Waals surface area contributed by atoms with Gasteiger partial charge in [0.25, 0.3) is 0 Å². The molecule has 0 saturated carbocycles. The number of anilines is 1. The maximum absolute atomic E-state index is 12.9. The highest BCUT2D eigenvalue weighted by molar-refractivity contribution is 7.89. The lowest BCUT2D eigenvalue weighted by atomic mass is 10.1. The normalized spacial score (nSPS) is 16.0. The van der Waals surface area contributed by atoms with Crippen LogP contribution in [-0.4, -0.2) is 48.3 Å². The molecule has 1 aromatic heterocycles. The highest BCUT2D eigenvalue weighted by Crippen LogP contribution is 2.23. The lowest BCUT2D eigenvalue weighted by molar-refractivity contribution is 0.433. The zero-order valence-electron chi connectivity index (χ0n) is 15.7. The predicted octanol–water partition coefficient (Wildman–Crippen LogP) is 3.68. The van der Waals surface area contributed by atoms with Crippen molar-refractivity contribution < 1.29 is 8.42 Å². The zero-order chi connectivity index (χ0) is 20.3. The number of aromatic nitrogens is 2. The zero-order valence-corrected chi connectivity index (χ0v) is 18.1. The Labute approximate surface area is 180 Å². The van der Waals surface area contributed by atoms with Gasteiger partial charge in [-0.3, -0.25) is 0 Å². The first-order valence-corrected chi connectivity index (χ1v) is 12.0. The molecule has 6 nitrogen and oxygen atoms in total. The Bertz CT molecular complexity index is 1060. The summed E-state index contributed by atoms with van der Waals surface area (Å²) >= 11 is 7.30. The van der Waals surface area contributed by atoms with Crippen LogP contribution in [0.2, 0.25) is 5.02 Å². The molecule has 4 rings (SSSR count). The van der Waals surface area contributed by atoms with Gasteiger partial charge in [-0.15, -0.1) is 0 Å². The van der Waals surface area contributed by atoms with Crippen LogP contribution in [0.1, 0.15) is 17.8 Å². The van der Waals surface area contributed by atoms with Crippen LogP contribution in [0.3, 0.4) is 0 Å². The minimum Gasteiger partial charge on any atom is -0.345 e. The van der Waals surface area contributed by atoms with Crippen molar-refractivity contribution in [2.75, 3.05) is 31.1 Å². The molecular formula is C20H21ClN4O2S2. The second-order valence-electron chi connectivity index (χ2n) is 6.85. The van der Waals surface area contributed by atoms with E-state index in [9.17, 15) is 8.42 Å². The molecular weight excluding hydrogens is 428 g/mol. The van der Waals surface area contributed by atoms with Crippen LogP contribution in [0.15, 0.2) is 59.5 Å². The van der Waals surface area contributed by atoms with Crippen molar-refractivity contribution in [2.45, 2.75) is 17.7 Å². The Kier molecular flexibility index (Phi) is 6.15. The minimum atomic E-state index is -3.47. The third-order valence-corrected chi connectivity index (χ3v) is 7.82. The predicted molar refractivity (Wildman–Crippen MR) is 116 cm³/mol. The highest BCUT2D eigenvalue weighted by Gasteiger charge is 2.27. The third kappa shape index (κ3) is 4.78. The van der Waals surface area contributed by atoms with Gasteiger partial charge < -0.3 is 4.90 Å². The fraction of sp³-hybridized carbons (Fsp3) is 0.300. The summed E-state index contributed by atoms with van der Waals surface area (Å²) in [7, 11) is -3.47. The largest absolute Gasteiger partial charge is 0.345 e. The van der Waals surface area contributed by atoms with E-state index in [0.717, 1.165) is 29.5 Å². The summed E-state index contributed by atoms with van der Waals surface area (Å²) < 4.78 is 31.8. The number of hydrogen-bond acceptors (Lipinski definition) is 6. The van der Waals surface area contributed by atoms with E-state index in [1.54, 1.807) is 28.6 Å². The van der Waals surface area contributed by atoms with Crippen molar-refractivity contribution in [3.8, 4) is 0 Å². The van der Waals surface area contributed by atoms with Gasteiger partial charge in [0.1, 0.15) is 5.82 Å². The van der Waals surface area contributed by atoms with Gasteiger partial charge in [0, 0.05) is 49.2 Å². The van der Waals surface area contributed by atoms with Gasteiger partial charge in [-0.25, -0.2) is 13.4 Å². The van der Waals surface area contributed by atoms with Gasteiger partial charge in [-0.1, -0.05) is 41.9 Å². The summed E-state index contributed by atoms with van der Waals surface area (Å²) in [5.41, 5.74) is 1.11. The number of benzene rings is 2. The molecule has 0 N–H and O–H groups in total. The molecule has 1 saturated heterocycles. The van der Waals surface area contributed by atoms with Crippen molar-refractivity contribution >= 4 is 38.3 Å². The lowest BCUT2D eigenvalue weighted by Crippen LogP contribution is -2.35. The van der Waals surface area contributed by atoms with Crippen molar-refractivity contribution in [2.24, 2.45) is 0 Å². The first-order valence-electron chi connectivity index (χ1n) is 9.39. The van der Waals surface area contributed by atoms with Crippen LogP contribution in [0.25, 0.3) is 0 Å². The van der Waals surface area contributed by atoms with Gasteiger partial charge >= 0.3 is 0 Å². The van der Waals surface area contributed by atoms with Crippen LogP contribution in [0.5, 0.6) is 0 Å². The SMILES string of the molecule is O=S(=O)(c1ccccc1)N1CCCN(c2nc(Cc3ccc(Cl)cc3)ns2)CC1. The fourth-order valence-corrected chi connectivity index (χ4v) is 5.65. The van der Waals surface area contributed by atoms with Crippen molar-refractivity contribution in [1.29, 1.82) is 0 Å². The van der Waals surface area contributed by atoms with E-state index in [2.05, 4.69) is 14.3 Å². The minimum absolute atomic E-state index is 0.342. The number of rotatable bonds is 5. The molecule has 152 valence electrons. The molecule has 0 aliphatic carbocycles.